The lowest BCUT2D eigenvalue weighted by Crippen LogP contribution is -2.58. The van der Waals surface area contributed by atoms with E-state index in [1.165, 1.54) is 24.3 Å². The number of carboxylic acids is 2. The summed E-state index contributed by atoms with van der Waals surface area (Å²) in [7, 11) is 0. The van der Waals surface area contributed by atoms with E-state index in [-0.39, 0.29) is 19.3 Å². The van der Waals surface area contributed by atoms with Crippen molar-refractivity contribution in [3.05, 3.63) is 18.2 Å². The molecule has 0 aliphatic rings. The van der Waals surface area contributed by atoms with Gasteiger partial charge in [0.25, 0.3) is 0 Å². The number of rotatable bonds is 17. The van der Waals surface area contributed by atoms with Gasteiger partial charge in [-0.2, -0.15) is 11.8 Å². The average molecular weight is 530 g/mol. The number of nitrogens with two attached hydrogens (primary N) is 2. The first kappa shape index (κ1) is 30.4. The molecule has 200 valence electrons. The number of carboxylic acid groups (broad SMARTS) is 2. The van der Waals surface area contributed by atoms with Gasteiger partial charge in [-0.3, -0.25) is 24.0 Å². The number of aliphatic carboxylic acids is 2. The van der Waals surface area contributed by atoms with E-state index in [1.807, 2.05) is 6.26 Å². The van der Waals surface area contributed by atoms with Crippen molar-refractivity contribution in [2.45, 2.75) is 56.3 Å². The third-order valence-corrected chi connectivity index (χ3v) is 5.53. The first-order valence-corrected chi connectivity index (χ1v) is 12.2. The predicted molar refractivity (Wildman–Crippen MR) is 127 cm³/mol. The summed E-state index contributed by atoms with van der Waals surface area (Å²) in [6.45, 7) is 0. The zero-order chi connectivity index (χ0) is 27.3. The molecular formula is C20H31N7O8S. The van der Waals surface area contributed by atoms with Gasteiger partial charge in [0.1, 0.15) is 18.1 Å². The highest BCUT2D eigenvalue weighted by Gasteiger charge is 2.32. The van der Waals surface area contributed by atoms with Crippen molar-refractivity contribution >= 4 is 47.3 Å². The molecule has 36 heavy (non-hydrogen) atoms. The van der Waals surface area contributed by atoms with Gasteiger partial charge >= 0.3 is 11.9 Å². The van der Waals surface area contributed by atoms with Crippen LogP contribution < -0.4 is 27.4 Å². The molecule has 1 aromatic heterocycles. The molecule has 10 N–H and O–H groups in total. The SMILES string of the molecule is CSCCC(N)C(=O)NC(CC(=O)O)C(=O)NC(Cc1cnc[nH]1)C(=O)NC(CCC(N)=O)C(=O)O. The van der Waals surface area contributed by atoms with E-state index in [0.29, 0.717) is 17.9 Å². The number of H-pyrrole nitrogens is 1. The monoisotopic (exact) mass is 529 g/mol. The van der Waals surface area contributed by atoms with Gasteiger partial charge in [-0.25, -0.2) is 9.78 Å². The second kappa shape index (κ2) is 15.4. The summed E-state index contributed by atoms with van der Waals surface area (Å²) in [6, 6.07) is -5.40. The van der Waals surface area contributed by atoms with Crippen LogP contribution in [0.25, 0.3) is 0 Å². The second-order valence-corrected chi connectivity index (χ2v) is 8.78. The van der Waals surface area contributed by atoms with Gasteiger partial charge in [0.2, 0.25) is 23.6 Å². The summed E-state index contributed by atoms with van der Waals surface area (Å²) < 4.78 is 0. The Morgan fingerprint density at radius 2 is 1.61 bits per heavy atom. The summed E-state index contributed by atoms with van der Waals surface area (Å²) in [6.07, 6.45) is 3.26. The number of aromatic amines is 1. The van der Waals surface area contributed by atoms with Crippen molar-refractivity contribution in [3.63, 3.8) is 0 Å². The highest BCUT2D eigenvalue weighted by atomic mass is 32.2. The molecular weight excluding hydrogens is 498 g/mol. The number of hydrogen-bond acceptors (Lipinski definition) is 9. The minimum Gasteiger partial charge on any atom is -0.481 e. The van der Waals surface area contributed by atoms with Crippen LogP contribution in [-0.4, -0.2) is 91.9 Å². The van der Waals surface area contributed by atoms with Crippen LogP contribution in [-0.2, 0) is 35.2 Å². The molecule has 15 nitrogen and oxygen atoms in total. The molecule has 1 rings (SSSR count). The molecule has 4 amide bonds. The first-order valence-electron chi connectivity index (χ1n) is 10.8. The fourth-order valence-electron chi connectivity index (χ4n) is 2.95. The number of thioether (sulfide) groups is 1. The summed E-state index contributed by atoms with van der Waals surface area (Å²) in [5.41, 5.74) is 11.2. The van der Waals surface area contributed by atoms with Crippen molar-refractivity contribution in [2.75, 3.05) is 12.0 Å². The lowest BCUT2D eigenvalue weighted by Gasteiger charge is -2.24. The van der Waals surface area contributed by atoms with E-state index >= 15 is 0 Å². The molecule has 4 atom stereocenters. The Labute approximate surface area is 210 Å². The minimum atomic E-state index is -1.56. The van der Waals surface area contributed by atoms with Gasteiger partial charge in [0.15, 0.2) is 0 Å². The van der Waals surface area contributed by atoms with Crippen LogP contribution in [0.5, 0.6) is 0 Å². The van der Waals surface area contributed by atoms with Crippen molar-refractivity contribution in [2.24, 2.45) is 11.5 Å². The van der Waals surface area contributed by atoms with E-state index in [0.717, 1.165) is 0 Å². The first-order chi connectivity index (χ1) is 16.9. The van der Waals surface area contributed by atoms with Crippen LogP contribution in [0.2, 0.25) is 0 Å². The topological polar surface area (TPSA) is 260 Å². The summed E-state index contributed by atoms with van der Waals surface area (Å²) >= 11 is 1.45. The second-order valence-electron chi connectivity index (χ2n) is 7.79. The Balaban J connectivity index is 3.05. The van der Waals surface area contributed by atoms with Gasteiger partial charge in [-0.15, -0.1) is 0 Å². The van der Waals surface area contributed by atoms with Gasteiger partial charge in [-0.1, -0.05) is 0 Å². The Bertz CT molecular complexity index is 927. The number of hydrogen-bond donors (Lipinski definition) is 8. The van der Waals surface area contributed by atoms with Crippen LogP contribution >= 0.6 is 11.8 Å². The molecule has 1 heterocycles. The fraction of sp³-hybridized carbons (Fsp3) is 0.550. The standard InChI is InChI=1S/C20H31N7O8S/c1-36-5-4-11(21)17(31)26-14(7-16(29)30)19(33)27-13(6-10-8-23-9-24-10)18(32)25-12(20(34)35)2-3-15(22)28/h8-9,11-14H,2-7,21H2,1H3,(H2,22,28)(H,23,24)(H,25,32)(H,26,31)(H,27,33)(H,29,30)(H,34,35). The van der Waals surface area contributed by atoms with Crippen molar-refractivity contribution in [3.8, 4) is 0 Å². The number of nitrogens with one attached hydrogen (secondary N) is 4. The number of imidazole rings is 1. The molecule has 0 fully saturated rings. The van der Waals surface area contributed by atoms with Gasteiger partial charge in [-0.05, 0) is 24.9 Å². The molecule has 4 unspecified atom stereocenters. The van der Waals surface area contributed by atoms with Crippen LogP contribution in [0.3, 0.4) is 0 Å². The molecule has 0 spiro atoms. The molecule has 0 saturated heterocycles. The van der Waals surface area contributed by atoms with Gasteiger partial charge < -0.3 is 42.6 Å². The maximum atomic E-state index is 12.9. The van der Waals surface area contributed by atoms with Crippen molar-refractivity contribution < 1.29 is 39.0 Å². The minimum absolute atomic E-state index is 0.166. The largest absolute Gasteiger partial charge is 0.481 e. The molecule has 0 radical (unpaired) electrons. The van der Waals surface area contributed by atoms with E-state index in [4.69, 9.17) is 11.5 Å². The number of primary amides is 1. The third-order valence-electron chi connectivity index (χ3n) is 4.89. The third kappa shape index (κ3) is 11.2. The number of carbonyl (C=O) groups is 6. The number of carbonyl (C=O) groups excluding carboxylic acids is 4. The Hall–Kier alpha value is -3.66. The zero-order valence-corrected chi connectivity index (χ0v) is 20.4. The fourth-order valence-corrected chi connectivity index (χ4v) is 3.44. The Kier molecular flexibility index (Phi) is 13.0. The smallest absolute Gasteiger partial charge is 0.326 e. The quantitative estimate of drug-likeness (QED) is 0.103. The molecule has 0 bridgehead atoms. The van der Waals surface area contributed by atoms with Gasteiger partial charge in [0.05, 0.1) is 18.8 Å². The Morgan fingerprint density at radius 1 is 1.00 bits per heavy atom. The van der Waals surface area contributed by atoms with E-state index < -0.39 is 66.2 Å². The Morgan fingerprint density at radius 3 is 2.14 bits per heavy atom. The molecule has 0 saturated carbocycles. The van der Waals surface area contributed by atoms with E-state index in [9.17, 15) is 39.0 Å². The molecule has 0 aliphatic carbocycles. The lowest BCUT2D eigenvalue weighted by atomic mass is 10.1. The van der Waals surface area contributed by atoms with Crippen LogP contribution in [0, 0.1) is 0 Å². The van der Waals surface area contributed by atoms with Crippen molar-refractivity contribution in [1.29, 1.82) is 0 Å². The molecule has 0 aliphatic heterocycles. The predicted octanol–water partition coefficient (Wildman–Crippen LogP) is -2.69. The number of aromatic nitrogens is 2. The van der Waals surface area contributed by atoms with E-state index in [2.05, 4.69) is 25.9 Å². The average Bonchev–Trinajstić information content (AvgIpc) is 3.31. The van der Waals surface area contributed by atoms with Crippen LogP contribution in [0.1, 0.15) is 31.4 Å². The lowest BCUT2D eigenvalue weighted by molar-refractivity contribution is -0.143. The van der Waals surface area contributed by atoms with Crippen LogP contribution in [0.15, 0.2) is 12.5 Å². The number of amides is 4. The molecule has 1 aromatic rings. The molecule has 16 heteroatoms. The highest BCUT2D eigenvalue weighted by molar-refractivity contribution is 7.98. The zero-order valence-electron chi connectivity index (χ0n) is 19.6. The maximum absolute atomic E-state index is 12.9. The molecule has 0 aromatic carbocycles. The van der Waals surface area contributed by atoms with Gasteiger partial charge in [0, 0.05) is 24.7 Å². The maximum Gasteiger partial charge on any atom is 0.326 e. The summed E-state index contributed by atoms with van der Waals surface area (Å²) in [5.74, 6) is -5.67. The van der Waals surface area contributed by atoms with Crippen LogP contribution in [0.4, 0.5) is 0 Å². The summed E-state index contributed by atoms with van der Waals surface area (Å²) in [5, 5.41) is 25.4. The normalized spacial score (nSPS) is 14.1. The highest BCUT2D eigenvalue weighted by Crippen LogP contribution is 2.05. The summed E-state index contributed by atoms with van der Waals surface area (Å²) in [4.78, 5) is 78.5. The van der Waals surface area contributed by atoms with E-state index in [1.54, 1.807) is 0 Å². The van der Waals surface area contributed by atoms with Crippen molar-refractivity contribution in [1.82, 2.24) is 25.9 Å². The number of nitrogens with zero attached hydrogens (tertiary/aromatic N) is 1.